The molecule has 1 aliphatic heterocycles. The number of methoxy groups -OCH3 is 1. The molecule has 0 atom stereocenters. The van der Waals surface area contributed by atoms with Gasteiger partial charge < -0.3 is 29.6 Å². The lowest BCUT2D eigenvalue weighted by Crippen LogP contribution is -2.36. The monoisotopic (exact) mass is 677 g/mol. The molecular weight excluding hydrogens is 645 g/mol. The van der Waals surface area contributed by atoms with E-state index in [4.69, 9.17) is 14.5 Å². The van der Waals surface area contributed by atoms with Gasteiger partial charge in [-0.2, -0.15) is 10.1 Å². The van der Waals surface area contributed by atoms with Crippen LogP contribution in [0, 0.1) is 6.92 Å². The Hall–Kier alpha value is -4.06. The maximum Gasteiger partial charge on any atom is 0.229 e. The summed E-state index contributed by atoms with van der Waals surface area (Å²) in [5, 5.41) is 11.8. The first-order chi connectivity index (χ1) is 21.1. The van der Waals surface area contributed by atoms with Crippen molar-refractivity contribution in [1.82, 2.24) is 29.7 Å². The minimum absolute atomic E-state index is 0.347. The summed E-state index contributed by atoms with van der Waals surface area (Å²) in [6, 6.07) is 5.99. The average Bonchev–Trinajstić information content (AvgIpc) is 3.44. The fourth-order valence-electron chi connectivity index (χ4n) is 5.38. The Bertz CT molecular complexity index is 1900. The van der Waals surface area contributed by atoms with Crippen LogP contribution in [0.25, 0.3) is 22.2 Å². The van der Waals surface area contributed by atoms with E-state index in [1.54, 1.807) is 43.7 Å². The van der Waals surface area contributed by atoms with Gasteiger partial charge in [0.15, 0.2) is 0 Å². The summed E-state index contributed by atoms with van der Waals surface area (Å²) in [5.74, 6) is 1.49. The zero-order valence-corrected chi connectivity index (χ0v) is 27.6. The molecule has 6 rings (SSSR count). The summed E-state index contributed by atoms with van der Waals surface area (Å²) in [6.07, 6.45) is 8.76. The van der Waals surface area contributed by atoms with E-state index in [9.17, 15) is 4.57 Å². The van der Waals surface area contributed by atoms with Gasteiger partial charge in [-0.3, -0.25) is 14.6 Å². The third-order valence-electron chi connectivity index (χ3n) is 7.38. The molecule has 1 saturated heterocycles. The van der Waals surface area contributed by atoms with Gasteiger partial charge in [0.05, 0.1) is 53.2 Å². The van der Waals surface area contributed by atoms with E-state index < -0.39 is 7.14 Å². The molecule has 0 saturated carbocycles. The molecule has 4 heterocycles. The van der Waals surface area contributed by atoms with Crippen LogP contribution in [0.4, 0.5) is 28.8 Å². The molecular formula is C30H33BrN9O3P. The fraction of sp³-hybridized carbons (Fsp3) is 0.300. The van der Waals surface area contributed by atoms with E-state index >= 15 is 0 Å². The van der Waals surface area contributed by atoms with Crippen LogP contribution in [0.15, 0.2) is 53.7 Å². The maximum atomic E-state index is 13.5. The molecule has 3 aromatic heterocycles. The van der Waals surface area contributed by atoms with Gasteiger partial charge in [0, 0.05) is 67.8 Å². The molecule has 0 aliphatic carbocycles. The molecule has 0 amide bonds. The second kappa shape index (κ2) is 12.1. The van der Waals surface area contributed by atoms with Gasteiger partial charge in [-0.25, -0.2) is 4.98 Å². The highest BCUT2D eigenvalue weighted by Crippen LogP contribution is 2.43. The summed E-state index contributed by atoms with van der Waals surface area (Å²) in [6.45, 7) is 8.28. The van der Waals surface area contributed by atoms with Crippen molar-refractivity contribution >= 4 is 68.2 Å². The minimum Gasteiger partial charge on any atom is -0.494 e. The quantitative estimate of drug-likeness (QED) is 0.203. The summed E-state index contributed by atoms with van der Waals surface area (Å²) >= 11 is 3.58. The van der Waals surface area contributed by atoms with E-state index in [1.165, 1.54) is 0 Å². The van der Waals surface area contributed by atoms with Crippen LogP contribution in [0.3, 0.4) is 0 Å². The number of nitrogens with one attached hydrogen (secondary N) is 2. The molecule has 0 bridgehead atoms. The number of halogens is 1. The Morgan fingerprint density at radius 1 is 1.00 bits per heavy atom. The zero-order valence-electron chi connectivity index (χ0n) is 25.1. The normalized spacial score (nSPS) is 13.7. The van der Waals surface area contributed by atoms with Crippen molar-refractivity contribution in [3.8, 4) is 16.9 Å². The second-order valence-corrected chi connectivity index (χ2v) is 14.9. The topological polar surface area (TPSA) is 132 Å². The van der Waals surface area contributed by atoms with Gasteiger partial charge in [-0.15, -0.1) is 0 Å². The van der Waals surface area contributed by atoms with E-state index in [0.717, 1.165) is 41.0 Å². The molecule has 1 fully saturated rings. The number of morpholine rings is 1. The average molecular weight is 679 g/mol. The first kappa shape index (κ1) is 30.0. The van der Waals surface area contributed by atoms with Crippen molar-refractivity contribution in [2.75, 3.05) is 62.3 Å². The van der Waals surface area contributed by atoms with Crippen LogP contribution >= 0.6 is 23.1 Å². The highest BCUT2D eigenvalue weighted by atomic mass is 79.9. The van der Waals surface area contributed by atoms with Crippen molar-refractivity contribution in [2.45, 2.75) is 6.92 Å². The van der Waals surface area contributed by atoms with Gasteiger partial charge in [0.2, 0.25) is 5.95 Å². The van der Waals surface area contributed by atoms with Crippen LogP contribution in [0.2, 0.25) is 0 Å². The lowest BCUT2D eigenvalue weighted by atomic mass is 10.0. The number of aryl methyl sites for hydroxylation is 2. The Labute approximate surface area is 263 Å². The largest absolute Gasteiger partial charge is 0.494 e. The van der Waals surface area contributed by atoms with Crippen LogP contribution in [-0.2, 0) is 16.3 Å². The predicted octanol–water partition coefficient (Wildman–Crippen LogP) is 5.47. The number of fused-ring (bicyclic) bond motifs is 1. The number of benzene rings is 2. The lowest BCUT2D eigenvalue weighted by molar-refractivity contribution is 0.122. The summed E-state index contributed by atoms with van der Waals surface area (Å²) in [5.41, 5.74) is 6.60. The minimum atomic E-state index is -2.77. The van der Waals surface area contributed by atoms with Crippen molar-refractivity contribution in [3.63, 3.8) is 0 Å². The molecule has 1 aliphatic rings. The zero-order chi connectivity index (χ0) is 31.0. The van der Waals surface area contributed by atoms with Crippen LogP contribution in [-0.4, -0.2) is 76.5 Å². The standard InChI is InChI=1S/C30H33BrN9O3P/c1-18-12-23(28(44(4,5)41)27-26(18)32-6-7-33-27)36-29-21(31)16-34-30(38-29)37-22-13-20(19-15-35-39(2)17-19)24(14-25(22)42-3)40-8-10-43-11-9-40/h6-7,12-17H,8-11H2,1-5H3,(H2,34,36,37,38). The summed E-state index contributed by atoms with van der Waals surface area (Å²) in [4.78, 5) is 20.6. The predicted molar refractivity (Wildman–Crippen MR) is 178 cm³/mol. The number of anilines is 5. The highest BCUT2D eigenvalue weighted by Gasteiger charge is 2.24. The number of nitrogens with zero attached hydrogens (tertiary/aromatic N) is 7. The third kappa shape index (κ3) is 5.99. The highest BCUT2D eigenvalue weighted by molar-refractivity contribution is 9.10. The smallest absolute Gasteiger partial charge is 0.229 e. The first-order valence-corrected chi connectivity index (χ1v) is 17.4. The maximum absolute atomic E-state index is 13.5. The Kier molecular flexibility index (Phi) is 8.28. The number of rotatable bonds is 8. The van der Waals surface area contributed by atoms with Crippen molar-refractivity contribution in [1.29, 1.82) is 0 Å². The molecule has 0 unspecified atom stereocenters. The summed E-state index contributed by atoms with van der Waals surface area (Å²) in [7, 11) is 0.766. The van der Waals surface area contributed by atoms with Crippen molar-refractivity contribution in [3.05, 3.63) is 59.2 Å². The molecule has 14 heteroatoms. The van der Waals surface area contributed by atoms with Crippen molar-refractivity contribution in [2.24, 2.45) is 7.05 Å². The number of aromatic nitrogens is 6. The third-order valence-corrected chi connectivity index (χ3v) is 9.49. The fourth-order valence-corrected chi connectivity index (χ4v) is 7.04. The Morgan fingerprint density at radius 2 is 1.75 bits per heavy atom. The van der Waals surface area contributed by atoms with E-state index in [0.29, 0.717) is 57.4 Å². The van der Waals surface area contributed by atoms with Crippen molar-refractivity contribution < 1.29 is 14.0 Å². The molecule has 2 aromatic carbocycles. The molecule has 228 valence electrons. The van der Waals surface area contributed by atoms with Gasteiger partial charge in [-0.1, -0.05) is 0 Å². The van der Waals surface area contributed by atoms with Crippen LogP contribution < -0.4 is 25.6 Å². The van der Waals surface area contributed by atoms with E-state index in [-0.39, 0.29) is 0 Å². The van der Waals surface area contributed by atoms with Gasteiger partial charge in [-0.05, 0) is 53.9 Å². The molecule has 44 heavy (non-hydrogen) atoms. The number of hydrogen-bond acceptors (Lipinski definition) is 11. The number of hydrogen-bond donors (Lipinski definition) is 2. The first-order valence-electron chi connectivity index (χ1n) is 14.0. The van der Waals surface area contributed by atoms with Crippen LogP contribution in [0.5, 0.6) is 5.75 Å². The molecule has 2 N–H and O–H groups in total. The molecule has 0 spiro atoms. The summed E-state index contributed by atoms with van der Waals surface area (Å²) < 4.78 is 27.4. The van der Waals surface area contributed by atoms with Crippen LogP contribution in [0.1, 0.15) is 5.56 Å². The van der Waals surface area contributed by atoms with E-state index in [1.807, 2.05) is 44.6 Å². The molecule has 12 nitrogen and oxygen atoms in total. The Morgan fingerprint density at radius 3 is 2.43 bits per heavy atom. The molecule has 5 aromatic rings. The second-order valence-electron chi connectivity index (χ2n) is 10.9. The van der Waals surface area contributed by atoms with Gasteiger partial charge >= 0.3 is 0 Å². The number of ether oxygens (including phenoxy) is 2. The van der Waals surface area contributed by atoms with Gasteiger partial charge in [0.1, 0.15) is 24.2 Å². The Balaban J connectivity index is 1.40. The van der Waals surface area contributed by atoms with E-state index in [2.05, 4.69) is 51.5 Å². The van der Waals surface area contributed by atoms with Gasteiger partial charge in [0.25, 0.3) is 0 Å². The SMILES string of the molecule is COc1cc(N2CCOCC2)c(-c2cnn(C)c2)cc1Nc1ncc(Br)c(Nc2cc(C)c3nccnc3c2P(C)(C)=O)n1. The lowest BCUT2D eigenvalue weighted by Gasteiger charge is -2.31. The molecule has 0 radical (unpaired) electrons.